The third-order valence-corrected chi connectivity index (χ3v) is 5.75. The van der Waals surface area contributed by atoms with Gasteiger partial charge in [-0.05, 0) is 25.1 Å². The normalized spacial score (nSPS) is 14.1. The molecule has 1 aliphatic rings. The molecule has 2 N–H and O–H groups in total. The van der Waals surface area contributed by atoms with Gasteiger partial charge in [-0.1, -0.05) is 18.2 Å². The number of rotatable bonds is 5. The Balaban J connectivity index is 1.71. The Labute approximate surface area is 161 Å². The molecule has 1 aromatic carbocycles. The highest BCUT2D eigenvalue weighted by Crippen LogP contribution is 2.28. The summed E-state index contributed by atoms with van der Waals surface area (Å²) in [6.45, 7) is 1.86. The van der Waals surface area contributed by atoms with Gasteiger partial charge in [0.2, 0.25) is 5.91 Å². The fraction of sp³-hybridized carbons (Fsp3) is 0.222. The van der Waals surface area contributed by atoms with E-state index in [0.29, 0.717) is 0 Å². The van der Waals surface area contributed by atoms with Crippen molar-refractivity contribution in [1.82, 2.24) is 9.71 Å². The van der Waals surface area contributed by atoms with E-state index in [2.05, 4.69) is 9.71 Å². The molecule has 3 rings (SSSR count). The molecule has 9 nitrogen and oxygen atoms in total. The van der Waals surface area contributed by atoms with Crippen LogP contribution >= 0.6 is 0 Å². The predicted molar refractivity (Wildman–Crippen MR) is 98.1 cm³/mol. The number of carboxylic acid groups (broad SMARTS) is 1. The number of amides is 1. The van der Waals surface area contributed by atoms with Crippen LogP contribution in [0.1, 0.15) is 21.6 Å². The molecule has 1 fully saturated rings. The number of anilines is 1. The topological polar surface area (TPSA) is 140 Å². The number of aryl methyl sites for hydroxylation is 1. The molecule has 0 spiro atoms. The number of benzene rings is 1. The zero-order valence-electron chi connectivity index (χ0n) is 14.8. The third-order valence-electron chi connectivity index (χ3n) is 4.38. The second-order valence-electron chi connectivity index (χ2n) is 6.29. The summed E-state index contributed by atoms with van der Waals surface area (Å²) in [6, 6.07) is 10.7. The average molecular weight is 400 g/mol. The van der Waals surface area contributed by atoms with Gasteiger partial charge in [-0.25, -0.2) is 22.9 Å². The minimum absolute atomic E-state index is 0.00662. The summed E-state index contributed by atoms with van der Waals surface area (Å²) in [4.78, 5) is 29.3. The van der Waals surface area contributed by atoms with Gasteiger partial charge in [0.1, 0.15) is 11.9 Å². The van der Waals surface area contributed by atoms with Crippen LogP contribution in [0.3, 0.4) is 0 Å². The van der Waals surface area contributed by atoms with Crippen LogP contribution in [0, 0.1) is 24.2 Å². The Morgan fingerprint density at radius 1 is 1.29 bits per heavy atom. The first-order valence-electron chi connectivity index (χ1n) is 8.24. The lowest BCUT2D eigenvalue weighted by atomic mass is 9.98. The number of carboxylic acids is 1. The summed E-state index contributed by atoms with van der Waals surface area (Å²) in [5.74, 6) is -2.14. The summed E-state index contributed by atoms with van der Waals surface area (Å²) < 4.78 is 26.5. The second kappa shape index (κ2) is 7.28. The highest BCUT2D eigenvalue weighted by molar-refractivity contribution is 7.90. The van der Waals surface area contributed by atoms with Crippen molar-refractivity contribution in [3.63, 3.8) is 0 Å². The maximum Gasteiger partial charge on any atom is 0.337 e. The van der Waals surface area contributed by atoms with E-state index >= 15 is 0 Å². The molecule has 10 heteroatoms. The Kier molecular flexibility index (Phi) is 5.02. The number of nitriles is 1. The fourth-order valence-corrected chi connectivity index (χ4v) is 3.89. The molecule has 2 aromatic rings. The van der Waals surface area contributed by atoms with Crippen LogP contribution in [0.5, 0.6) is 0 Å². The molecule has 2 heterocycles. The molecule has 0 atom stereocenters. The van der Waals surface area contributed by atoms with Crippen molar-refractivity contribution in [3.05, 3.63) is 53.2 Å². The molecule has 1 saturated heterocycles. The molecule has 1 aromatic heterocycles. The van der Waals surface area contributed by atoms with Gasteiger partial charge < -0.3 is 10.0 Å². The summed E-state index contributed by atoms with van der Waals surface area (Å²) in [6.07, 6.45) is 0. The lowest BCUT2D eigenvalue weighted by Gasteiger charge is -2.39. The SMILES string of the molecule is Cc1nc(N2CC(C(=O)NS(=O)(=O)c3ccccc3)C2)c(C#N)cc1C(=O)O. The molecule has 1 aliphatic heterocycles. The van der Waals surface area contributed by atoms with Crippen molar-refractivity contribution >= 4 is 27.7 Å². The van der Waals surface area contributed by atoms with Crippen LogP contribution in [0.4, 0.5) is 5.82 Å². The first-order valence-corrected chi connectivity index (χ1v) is 9.73. The summed E-state index contributed by atoms with van der Waals surface area (Å²) in [5, 5.41) is 18.4. The van der Waals surface area contributed by atoms with E-state index in [9.17, 15) is 23.3 Å². The lowest BCUT2D eigenvalue weighted by Crippen LogP contribution is -2.55. The second-order valence-corrected chi connectivity index (χ2v) is 7.98. The van der Waals surface area contributed by atoms with Gasteiger partial charge in [0.05, 0.1) is 27.6 Å². The van der Waals surface area contributed by atoms with Crippen molar-refractivity contribution in [2.24, 2.45) is 5.92 Å². The molecule has 0 saturated carbocycles. The van der Waals surface area contributed by atoms with Crippen molar-refractivity contribution in [3.8, 4) is 6.07 Å². The van der Waals surface area contributed by atoms with Crippen molar-refractivity contribution in [2.75, 3.05) is 18.0 Å². The molecular weight excluding hydrogens is 384 g/mol. The van der Waals surface area contributed by atoms with Gasteiger partial charge in [0, 0.05) is 13.1 Å². The highest BCUT2D eigenvalue weighted by atomic mass is 32.2. The van der Waals surface area contributed by atoms with Crippen LogP contribution in [-0.2, 0) is 14.8 Å². The summed E-state index contributed by atoms with van der Waals surface area (Å²) >= 11 is 0. The first kappa shape index (κ1) is 19.3. The number of hydrogen-bond acceptors (Lipinski definition) is 7. The van der Waals surface area contributed by atoms with Crippen LogP contribution < -0.4 is 9.62 Å². The van der Waals surface area contributed by atoms with Crippen LogP contribution in [0.2, 0.25) is 0 Å². The Morgan fingerprint density at radius 3 is 2.50 bits per heavy atom. The number of nitrogens with zero attached hydrogens (tertiary/aromatic N) is 3. The zero-order chi connectivity index (χ0) is 20.5. The van der Waals surface area contributed by atoms with Gasteiger partial charge in [-0.2, -0.15) is 5.26 Å². The zero-order valence-corrected chi connectivity index (χ0v) is 15.6. The maximum absolute atomic E-state index is 12.3. The molecule has 0 radical (unpaired) electrons. The molecule has 0 aliphatic carbocycles. The van der Waals surface area contributed by atoms with Crippen molar-refractivity contribution in [1.29, 1.82) is 5.26 Å². The van der Waals surface area contributed by atoms with E-state index in [0.717, 1.165) is 0 Å². The number of pyridine rings is 1. The maximum atomic E-state index is 12.3. The van der Waals surface area contributed by atoms with E-state index in [1.54, 1.807) is 23.1 Å². The molecule has 144 valence electrons. The van der Waals surface area contributed by atoms with Gasteiger partial charge in [-0.3, -0.25) is 4.79 Å². The monoisotopic (exact) mass is 400 g/mol. The molecule has 0 unspecified atom stereocenters. The standard InChI is InChI=1S/C18H16N4O5S/c1-11-15(18(24)25)7-12(8-19)16(20-11)22-9-13(10-22)17(23)21-28(26,27)14-5-3-2-4-6-14/h2-7,13H,9-10H2,1H3,(H,21,23)(H,24,25). The van der Waals surface area contributed by atoms with Crippen LogP contribution in [-0.4, -0.2) is 43.5 Å². The molecule has 0 bridgehead atoms. The van der Waals surface area contributed by atoms with E-state index in [1.807, 2.05) is 6.07 Å². The summed E-state index contributed by atoms with van der Waals surface area (Å²) in [5.41, 5.74) is 0.267. The van der Waals surface area contributed by atoms with E-state index in [1.165, 1.54) is 25.1 Å². The van der Waals surface area contributed by atoms with E-state index < -0.39 is 27.8 Å². The number of hydrogen-bond donors (Lipinski definition) is 2. The van der Waals surface area contributed by atoms with Crippen molar-refractivity contribution in [2.45, 2.75) is 11.8 Å². The highest BCUT2D eigenvalue weighted by Gasteiger charge is 2.37. The minimum atomic E-state index is -3.95. The quantitative estimate of drug-likeness (QED) is 0.754. The number of carbonyl (C=O) groups is 2. The predicted octanol–water partition coefficient (Wildman–Crippen LogP) is 0.901. The minimum Gasteiger partial charge on any atom is -0.478 e. The Hall–Kier alpha value is -3.45. The number of aromatic nitrogens is 1. The fourth-order valence-electron chi connectivity index (χ4n) is 2.82. The van der Waals surface area contributed by atoms with Gasteiger partial charge in [0.25, 0.3) is 10.0 Å². The number of aromatic carboxylic acids is 1. The first-order chi connectivity index (χ1) is 13.2. The lowest BCUT2D eigenvalue weighted by molar-refractivity contribution is -0.123. The van der Waals surface area contributed by atoms with Crippen LogP contribution in [0.25, 0.3) is 0 Å². The smallest absolute Gasteiger partial charge is 0.337 e. The van der Waals surface area contributed by atoms with Gasteiger partial charge >= 0.3 is 5.97 Å². The molecule has 28 heavy (non-hydrogen) atoms. The van der Waals surface area contributed by atoms with Gasteiger partial charge in [-0.15, -0.1) is 0 Å². The number of nitrogens with one attached hydrogen (secondary N) is 1. The van der Waals surface area contributed by atoms with E-state index in [-0.39, 0.29) is 40.6 Å². The Bertz CT molecular complexity index is 1090. The van der Waals surface area contributed by atoms with E-state index in [4.69, 9.17) is 5.11 Å². The summed E-state index contributed by atoms with van der Waals surface area (Å²) in [7, 11) is -3.95. The number of sulfonamides is 1. The number of carbonyl (C=O) groups excluding carboxylic acids is 1. The van der Waals surface area contributed by atoms with Crippen molar-refractivity contribution < 1.29 is 23.1 Å². The van der Waals surface area contributed by atoms with Gasteiger partial charge in [0.15, 0.2) is 0 Å². The third kappa shape index (κ3) is 3.65. The largest absolute Gasteiger partial charge is 0.478 e. The Morgan fingerprint density at radius 2 is 1.93 bits per heavy atom. The molecular formula is C18H16N4O5S. The molecule has 1 amide bonds. The average Bonchev–Trinajstić information content (AvgIpc) is 2.60. The van der Waals surface area contributed by atoms with Crippen LogP contribution in [0.15, 0.2) is 41.3 Å².